The van der Waals surface area contributed by atoms with Crippen LogP contribution in [0.25, 0.3) is 0 Å². The summed E-state index contributed by atoms with van der Waals surface area (Å²) in [6.07, 6.45) is 0.432. The summed E-state index contributed by atoms with van der Waals surface area (Å²) >= 11 is 1.81. The number of hydrogen-bond acceptors (Lipinski definition) is 8. The number of nitrogens with one attached hydrogen (secondary N) is 5. The number of thioether (sulfide) groups is 1. The smallest absolute Gasteiger partial charge is 0.320 e. The summed E-state index contributed by atoms with van der Waals surface area (Å²) in [7, 11) is 0. The minimum Gasteiger partial charge on any atom is -0.336 e. The van der Waals surface area contributed by atoms with Crippen molar-refractivity contribution >= 4 is 23.7 Å². The lowest BCUT2D eigenvalue weighted by atomic mass is 9.72. The van der Waals surface area contributed by atoms with E-state index in [1.807, 2.05) is 16.7 Å². The van der Waals surface area contributed by atoms with E-state index in [0.717, 1.165) is 18.6 Å². The van der Waals surface area contributed by atoms with E-state index >= 15 is 8.78 Å². The summed E-state index contributed by atoms with van der Waals surface area (Å²) in [5, 5.41) is 17.8. The second-order valence-electron chi connectivity index (χ2n) is 13.7. The fourth-order valence-corrected chi connectivity index (χ4v) is 10.0. The zero-order valence-corrected chi connectivity index (χ0v) is 26.5. The molecule has 1 saturated carbocycles. The molecule has 13 heteroatoms. The lowest BCUT2D eigenvalue weighted by molar-refractivity contribution is -0.132. The van der Waals surface area contributed by atoms with Crippen LogP contribution in [0.3, 0.4) is 0 Å². The molecular formula is C30H50F2N8O2S. The second kappa shape index (κ2) is 13.1. The molecule has 10 nitrogen and oxygen atoms in total. The molecule has 3 amide bonds. The fraction of sp³-hybridized carbons (Fsp3) is 0.867. The molecule has 5 heterocycles. The number of carbonyl (C=O) groups excluding carboxylic acids is 2. The number of halogens is 2. The van der Waals surface area contributed by atoms with Gasteiger partial charge in [0, 0.05) is 74.6 Å². The molecule has 1 aliphatic carbocycles. The zero-order chi connectivity index (χ0) is 30.4. The number of carbonyl (C=O) groups is 2. The van der Waals surface area contributed by atoms with Crippen molar-refractivity contribution in [1.82, 2.24) is 41.3 Å². The highest BCUT2D eigenvalue weighted by atomic mass is 32.2. The Hall–Kier alpha value is -1.51. The van der Waals surface area contributed by atoms with Crippen molar-refractivity contribution < 1.29 is 18.4 Å². The molecule has 6 aliphatic rings. The largest absolute Gasteiger partial charge is 0.336 e. The van der Waals surface area contributed by atoms with Crippen LogP contribution in [0.15, 0.2) is 12.7 Å². The van der Waals surface area contributed by atoms with Crippen LogP contribution in [0.2, 0.25) is 0 Å². The molecular weight excluding hydrogens is 574 g/mol. The quantitative estimate of drug-likeness (QED) is 0.301. The van der Waals surface area contributed by atoms with Crippen LogP contribution in [0.1, 0.15) is 46.5 Å². The van der Waals surface area contributed by atoms with Crippen molar-refractivity contribution in [2.24, 2.45) is 17.8 Å². The number of piperazine rings is 1. The predicted octanol–water partition coefficient (Wildman–Crippen LogP) is 1.41. The van der Waals surface area contributed by atoms with E-state index in [9.17, 15) is 9.59 Å². The van der Waals surface area contributed by atoms with Crippen molar-refractivity contribution in [3.8, 4) is 0 Å². The summed E-state index contributed by atoms with van der Waals surface area (Å²) in [6.45, 7) is 13.0. The molecule has 6 rings (SSSR count). The molecule has 2 bridgehead atoms. The number of alkyl halides is 2. The standard InChI is InChI=1S/C30H50F2N8O2S/c1-5-22(41)38-10-11-39(17(4)14-38)27-18-13-20(32)25-23-19(31)7-6-8-21(23)33-9-12-43-29-26(24(16(2)3)34-15-35-29)40(28(18)36-25)30(42)37-27/h5,16-21,23-29,33-36H,1,6-15H2,2-4H3,(H,37,42)/t17-,18?,19?,20?,21?,23?,24?,25?,26?,27?,28?,29?/m0/s1. The first-order valence-electron chi connectivity index (χ1n) is 16.3. The predicted molar refractivity (Wildman–Crippen MR) is 165 cm³/mol. The van der Waals surface area contributed by atoms with Gasteiger partial charge in [0.2, 0.25) is 5.91 Å². The highest BCUT2D eigenvalue weighted by Gasteiger charge is 2.57. The number of urea groups is 1. The van der Waals surface area contributed by atoms with Crippen LogP contribution >= 0.6 is 11.8 Å². The van der Waals surface area contributed by atoms with E-state index in [1.165, 1.54) is 6.08 Å². The number of hydrogen-bond donors (Lipinski definition) is 5. The van der Waals surface area contributed by atoms with Gasteiger partial charge >= 0.3 is 6.03 Å². The van der Waals surface area contributed by atoms with Crippen LogP contribution < -0.4 is 26.6 Å². The number of fused-ring (bicyclic) bond motifs is 5. The number of amides is 3. The lowest BCUT2D eigenvalue weighted by Gasteiger charge is -2.60. The van der Waals surface area contributed by atoms with Gasteiger partial charge in [0.15, 0.2) is 0 Å². The molecule has 6 fully saturated rings. The van der Waals surface area contributed by atoms with Crippen molar-refractivity contribution in [3.05, 3.63) is 12.7 Å². The van der Waals surface area contributed by atoms with Gasteiger partial charge in [-0.05, 0) is 44.6 Å². The molecule has 0 aromatic carbocycles. The first-order chi connectivity index (χ1) is 20.7. The van der Waals surface area contributed by atoms with Crippen LogP contribution in [0.4, 0.5) is 13.6 Å². The third-order valence-corrected chi connectivity index (χ3v) is 12.1. The van der Waals surface area contributed by atoms with Gasteiger partial charge < -0.3 is 20.4 Å². The van der Waals surface area contributed by atoms with Gasteiger partial charge in [0.05, 0.1) is 23.7 Å². The van der Waals surface area contributed by atoms with Gasteiger partial charge in [-0.1, -0.05) is 20.4 Å². The fourth-order valence-electron chi connectivity index (χ4n) is 8.83. The Balaban J connectivity index is 1.37. The monoisotopic (exact) mass is 624 g/mol. The Morgan fingerprint density at radius 1 is 1.12 bits per heavy atom. The van der Waals surface area contributed by atoms with Crippen LogP contribution in [-0.2, 0) is 4.79 Å². The van der Waals surface area contributed by atoms with Gasteiger partial charge in [-0.2, -0.15) is 0 Å². The lowest BCUT2D eigenvalue weighted by Crippen LogP contribution is -2.81. The van der Waals surface area contributed by atoms with Crippen molar-refractivity contribution in [2.45, 2.75) is 107 Å². The third-order valence-electron chi connectivity index (χ3n) is 10.8. The maximum atomic E-state index is 16.5. The van der Waals surface area contributed by atoms with Crippen LogP contribution in [0, 0.1) is 17.8 Å². The average Bonchev–Trinajstić information content (AvgIpc) is 2.98. The number of rotatable bonds is 3. The Morgan fingerprint density at radius 2 is 1.93 bits per heavy atom. The summed E-state index contributed by atoms with van der Waals surface area (Å²) in [4.78, 5) is 32.7. The third kappa shape index (κ3) is 5.94. The Kier molecular flexibility index (Phi) is 9.57. The summed E-state index contributed by atoms with van der Waals surface area (Å²) < 4.78 is 32.3. The number of nitrogens with zero attached hydrogens (tertiary/aromatic N) is 3. The maximum Gasteiger partial charge on any atom is 0.320 e. The zero-order valence-electron chi connectivity index (χ0n) is 25.7. The van der Waals surface area contributed by atoms with E-state index in [2.05, 4.69) is 58.8 Å². The summed E-state index contributed by atoms with van der Waals surface area (Å²) in [5.74, 6) is 0.211. The molecule has 11 unspecified atom stereocenters. The molecule has 43 heavy (non-hydrogen) atoms. The molecule has 0 spiro atoms. The van der Waals surface area contributed by atoms with Gasteiger partial charge in [-0.15, -0.1) is 11.8 Å². The highest BCUT2D eigenvalue weighted by molar-refractivity contribution is 7.99. The molecule has 5 N–H and O–H groups in total. The molecule has 5 aliphatic heterocycles. The van der Waals surface area contributed by atoms with Crippen LogP contribution in [0.5, 0.6) is 0 Å². The first kappa shape index (κ1) is 31.5. The Bertz CT molecular complexity index is 1040. The molecule has 0 radical (unpaired) electrons. The highest BCUT2D eigenvalue weighted by Crippen LogP contribution is 2.42. The topological polar surface area (TPSA) is 104 Å². The molecule has 0 aromatic heterocycles. The maximum absolute atomic E-state index is 16.5. The van der Waals surface area contributed by atoms with E-state index < -0.39 is 36.6 Å². The minimum absolute atomic E-state index is 0.00960. The van der Waals surface area contributed by atoms with Crippen molar-refractivity contribution in [3.63, 3.8) is 0 Å². The summed E-state index contributed by atoms with van der Waals surface area (Å²) in [5.41, 5.74) is 0. The Morgan fingerprint density at radius 3 is 2.67 bits per heavy atom. The molecule has 5 saturated heterocycles. The van der Waals surface area contributed by atoms with Crippen molar-refractivity contribution in [2.75, 3.05) is 38.6 Å². The van der Waals surface area contributed by atoms with E-state index in [0.29, 0.717) is 39.3 Å². The van der Waals surface area contributed by atoms with E-state index in [4.69, 9.17) is 0 Å². The SMILES string of the molecule is C=CC(=O)N1CCN(C2NC(=O)N3C4NC(C(F)CC42)C2C(F)CCCC2NCCSC2NCNC(C(C)C)C23)[C@@H](C)C1. The summed E-state index contributed by atoms with van der Waals surface area (Å²) in [6, 6.07) is -1.17. The molecule has 0 aromatic rings. The Labute approximate surface area is 258 Å². The van der Waals surface area contributed by atoms with Gasteiger partial charge in [-0.25, -0.2) is 13.6 Å². The van der Waals surface area contributed by atoms with Gasteiger partial charge in [0.1, 0.15) is 12.3 Å². The van der Waals surface area contributed by atoms with E-state index in [-0.39, 0.29) is 59.7 Å². The van der Waals surface area contributed by atoms with Crippen molar-refractivity contribution in [1.29, 1.82) is 0 Å². The second-order valence-corrected chi connectivity index (χ2v) is 14.9. The van der Waals surface area contributed by atoms with Crippen LogP contribution in [-0.4, -0.2) is 125 Å². The normalized spacial score (nSPS) is 44.4. The average molecular weight is 625 g/mol. The first-order valence-corrected chi connectivity index (χ1v) is 17.4. The minimum atomic E-state index is -1.25. The number of piperidine rings is 1. The molecule has 12 atom stereocenters. The van der Waals surface area contributed by atoms with E-state index in [1.54, 1.807) is 4.90 Å². The van der Waals surface area contributed by atoms with Gasteiger partial charge in [0.25, 0.3) is 0 Å². The van der Waals surface area contributed by atoms with Gasteiger partial charge in [-0.3, -0.25) is 25.6 Å². The molecule has 242 valence electrons.